The van der Waals surface area contributed by atoms with Crippen LogP contribution in [-0.4, -0.2) is 53.9 Å². The summed E-state index contributed by atoms with van der Waals surface area (Å²) in [5.74, 6) is 0. The standard InChI is InChI=1S/C5H14N2.3C2H6N.Ti/c1-4(6)5(2,3)7;3*1-3-2;/h4H,6-7H2,1-3H3;3*1-2H3;/q;3*-1;+3. The zero-order chi connectivity index (χ0) is 14.2. The first-order valence-corrected chi connectivity index (χ1v) is 5.17. The third-order valence-electron chi connectivity index (χ3n) is 1.17. The molecule has 0 spiro atoms. The molecule has 0 aliphatic heterocycles. The molecule has 105 valence electrons. The Hall–Kier alpha value is 0.514. The predicted molar refractivity (Wildman–Crippen MR) is 77.5 cm³/mol. The van der Waals surface area contributed by atoms with Gasteiger partial charge in [0.25, 0.3) is 0 Å². The Labute approximate surface area is 124 Å². The van der Waals surface area contributed by atoms with E-state index in [-0.39, 0.29) is 33.3 Å². The van der Waals surface area contributed by atoms with Gasteiger partial charge >= 0.3 is 21.7 Å². The molecule has 0 aromatic rings. The maximum absolute atomic E-state index is 5.55. The minimum Gasteiger partial charge on any atom is -0.668 e. The van der Waals surface area contributed by atoms with Crippen molar-refractivity contribution in [3.05, 3.63) is 16.0 Å². The minimum absolute atomic E-state index is 0. The SMILES string of the molecule is CC(N)C(C)(C)N.C[N-]C.C[N-]C.C[N-]C.[Ti+3]. The normalized spacial score (nSPS) is 10.1. The van der Waals surface area contributed by atoms with Gasteiger partial charge < -0.3 is 27.4 Å². The Bertz CT molecular complexity index is 89.6. The Balaban J connectivity index is -0.0000000411. The van der Waals surface area contributed by atoms with Crippen molar-refractivity contribution in [1.82, 2.24) is 0 Å². The Morgan fingerprint density at radius 2 is 0.882 bits per heavy atom. The first-order valence-electron chi connectivity index (χ1n) is 5.17. The summed E-state index contributed by atoms with van der Waals surface area (Å²) in [5, 5.41) is 10.5. The quantitative estimate of drug-likeness (QED) is 0.719. The number of nitrogens with zero attached hydrogens (tertiary/aromatic N) is 3. The van der Waals surface area contributed by atoms with E-state index < -0.39 is 0 Å². The summed E-state index contributed by atoms with van der Waals surface area (Å²) in [6, 6.07) is 0.0764. The van der Waals surface area contributed by atoms with Crippen LogP contribution in [-0.2, 0) is 21.7 Å². The van der Waals surface area contributed by atoms with Gasteiger partial charge in [0.15, 0.2) is 0 Å². The summed E-state index contributed by atoms with van der Waals surface area (Å²) in [6.45, 7) is 5.73. The van der Waals surface area contributed by atoms with E-state index in [2.05, 4.69) is 16.0 Å². The van der Waals surface area contributed by atoms with Crippen molar-refractivity contribution < 1.29 is 21.7 Å². The molecule has 0 aromatic heterocycles. The number of hydrogen-bond donors (Lipinski definition) is 2. The van der Waals surface area contributed by atoms with Gasteiger partial charge in [0.1, 0.15) is 0 Å². The van der Waals surface area contributed by atoms with Crippen molar-refractivity contribution in [2.24, 2.45) is 11.5 Å². The summed E-state index contributed by atoms with van der Waals surface area (Å²) in [5.41, 5.74) is 10.8. The Kier molecular flexibility index (Phi) is 45.5. The van der Waals surface area contributed by atoms with Gasteiger partial charge in [-0.05, 0) is 20.8 Å². The maximum atomic E-state index is 5.55. The molecule has 6 heteroatoms. The van der Waals surface area contributed by atoms with Crippen LogP contribution in [0.3, 0.4) is 0 Å². The van der Waals surface area contributed by atoms with Gasteiger partial charge in [-0.2, -0.15) is 42.3 Å². The van der Waals surface area contributed by atoms with Gasteiger partial charge in [0, 0.05) is 11.6 Å². The van der Waals surface area contributed by atoms with Crippen molar-refractivity contribution in [2.45, 2.75) is 32.4 Å². The molecular formula is C11H32N5Ti. The molecule has 4 N–H and O–H groups in total. The van der Waals surface area contributed by atoms with Crippen LogP contribution < -0.4 is 11.5 Å². The molecule has 5 nitrogen and oxygen atoms in total. The van der Waals surface area contributed by atoms with Crippen LogP contribution in [0.15, 0.2) is 0 Å². The Morgan fingerprint density at radius 3 is 0.882 bits per heavy atom. The number of nitrogens with two attached hydrogens (primary N) is 2. The van der Waals surface area contributed by atoms with Crippen LogP contribution in [0.25, 0.3) is 16.0 Å². The third kappa shape index (κ3) is 82.0. The predicted octanol–water partition coefficient (Wildman–Crippen LogP) is 1.93. The third-order valence-corrected chi connectivity index (χ3v) is 1.17. The zero-order valence-electron chi connectivity index (χ0n) is 13.1. The van der Waals surface area contributed by atoms with E-state index in [1.165, 1.54) is 0 Å². The molecule has 0 fully saturated rings. The van der Waals surface area contributed by atoms with Crippen LogP contribution in [0.4, 0.5) is 0 Å². The number of hydrogen-bond acceptors (Lipinski definition) is 2. The van der Waals surface area contributed by atoms with E-state index in [1.54, 1.807) is 42.3 Å². The van der Waals surface area contributed by atoms with Crippen LogP contribution in [0.1, 0.15) is 20.8 Å². The van der Waals surface area contributed by atoms with Crippen molar-refractivity contribution in [1.29, 1.82) is 0 Å². The van der Waals surface area contributed by atoms with Crippen LogP contribution >= 0.6 is 0 Å². The Morgan fingerprint density at radius 1 is 0.824 bits per heavy atom. The van der Waals surface area contributed by atoms with E-state index in [9.17, 15) is 0 Å². The average Bonchev–Trinajstić information content (AvgIpc) is 2.06. The molecule has 17 heavy (non-hydrogen) atoms. The molecule has 0 saturated carbocycles. The first kappa shape index (κ1) is 30.5. The van der Waals surface area contributed by atoms with Crippen molar-refractivity contribution in [3.8, 4) is 0 Å². The van der Waals surface area contributed by atoms with E-state index in [1.807, 2.05) is 20.8 Å². The molecule has 0 rings (SSSR count). The molecule has 0 aliphatic carbocycles. The molecule has 1 unspecified atom stereocenters. The molecule has 1 atom stereocenters. The topological polar surface area (TPSA) is 94.3 Å². The van der Waals surface area contributed by atoms with E-state index in [4.69, 9.17) is 11.5 Å². The second-order valence-corrected chi connectivity index (χ2v) is 3.95. The average molecular weight is 282 g/mol. The molecule has 0 aromatic carbocycles. The second kappa shape index (κ2) is 25.4. The summed E-state index contributed by atoms with van der Waals surface area (Å²) in [7, 11) is 10.5. The number of rotatable bonds is 1. The maximum Gasteiger partial charge on any atom is 3.00 e. The second-order valence-electron chi connectivity index (χ2n) is 3.95. The molecule has 0 heterocycles. The van der Waals surface area contributed by atoms with E-state index in [0.717, 1.165) is 0 Å². The largest absolute Gasteiger partial charge is 3.00 e. The smallest absolute Gasteiger partial charge is 0.668 e. The van der Waals surface area contributed by atoms with Crippen LogP contribution in [0, 0.1) is 0 Å². The summed E-state index contributed by atoms with van der Waals surface area (Å²) in [4.78, 5) is 0. The molecule has 0 aliphatic rings. The van der Waals surface area contributed by atoms with Gasteiger partial charge in [-0.25, -0.2) is 0 Å². The van der Waals surface area contributed by atoms with E-state index in [0.29, 0.717) is 0 Å². The summed E-state index contributed by atoms with van der Waals surface area (Å²) in [6.07, 6.45) is 0. The van der Waals surface area contributed by atoms with Gasteiger partial charge in [0.2, 0.25) is 0 Å². The van der Waals surface area contributed by atoms with Gasteiger partial charge in [-0.15, -0.1) is 0 Å². The van der Waals surface area contributed by atoms with Gasteiger partial charge in [-0.1, -0.05) is 0 Å². The molecule has 0 amide bonds. The fourth-order valence-electron chi connectivity index (χ4n) is 0. The van der Waals surface area contributed by atoms with Gasteiger partial charge in [-0.3, -0.25) is 0 Å². The first-order chi connectivity index (χ1) is 7.19. The summed E-state index contributed by atoms with van der Waals surface area (Å²) < 4.78 is 0. The molecular weight excluding hydrogens is 250 g/mol. The van der Waals surface area contributed by atoms with Crippen molar-refractivity contribution in [2.75, 3.05) is 42.3 Å². The monoisotopic (exact) mass is 282 g/mol. The molecule has 0 saturated heterocycles. The van der Waals surface area contributed by atoms with Gasteiger partial charge in [0.05, 0.1) is 0 Å². The van der Waals surface area contributed by atoms with Crippen molar-refractivity contribution in [3.63, 3.8) is 0 Å². The van der Waals surface area contributed by atoms with Crippen molar-refractivity contribution >= 4 is 0 Å². The zero-order valence-corrected chi connectivity index (χ0v) is 14.6. The van der Waals surface area contributed by atoms with Crippen LogP contribution in [0.2, 0.25) is 0 Å². The molecule has 1 radical (unpaired) electrons. The molecule has 0 bridgehead atoms. The van der Waals surface area contributed by atoms with Crippen LogP contribution in [0.5, 0.6) is 0 Å². The fraction of sp³-hybridized carbons (Fsp3) is 1.00. The van der Waals surface area contributed by atoms with E-state index >= 15 is 0 Å². The fourth-order valence-corrected chi connectivity index (χ4v) is 0. The summed E-state index contributed by atoms with van der Waals surface area (Å²) >= 11 is 0. The minimum atomic E-state index is -0.222.